The van der Waals surface area contributed by atoms with E-state index in [1.165, 1.54) is 62.9 Å². The zero-order valence-electron chi connectivity index (χ0n) is 13.9. The number of thiophene rings is 1. The molecule has 2 nitrogen and oxygen atoms in total. The van der Waals surface area contributed by atoms with Crippen LogP contribution in [0, 0.1) is 5.41 Å². The molecular formula is C18H32N2S. The first-order chi connectivity index (χ1) is 10.2. The predicted octanol–water partition coefficient (Wildman–Crippen LogP) is 4.52. The van der Waals surface area contributed by atoms with Crippen molar-refractivity contribution in [3.8, 4) is 0 Å². The minimum atomic E-state index is 0.498. The van der Waals surface area contributed by atoms with Gasteiger partial charge in [0.2, 0.25) is 0 Å². The summed E-state index contributed by atoms with van der Waals surface area (Å²) in [5.74, 6) is 0. The molecule has 0 bridgehead atoms. The van der Waals surface area contributed by atoms with Crippen molar-refractivity contribution in [1.82, 2.24) is 10.2 Å². The highest BCUT2D eigenvalue weighted by molar-refractivity contribution is 7.09. The lowest BCUT2D eigenvalue weighted by Crippen LogP contribution is -2.42. The highest BCUT2D eigenvalue weighted by Crippen LogP contribution is 2.35. The lowest BCUT2D eigenvalue weighted by molar-refractivity contribution is 0.142. The van der Waals surface area contributed by atoms with E-state index < -0.39 is 0 Å². The summed E-state index contributed by atoms with van der Waals surface area (Å²) in [5.41, 5.74) is 0.498. The van der Waals surface area contributed by atoms with E-state index in [9.17, 15) is 0 Å². The lowest BCUT2D eigenvalue weighted by atomic mass is 9.79. The van der Waals surface area contributed by atoms with Crippen LogP contribution in [0.2, 0.25) is 0 Å². The van der Waals surface area contributed by atoms with Gasteiger partial charge in [-0.1, -0.05) is 38.7 Å². The van der Waals surface area contributed by atoms with Crippen molar-refractivity contribution in [3.05, 3.63) is 22.4 Å². The molecule has 0 atom stereocenters. The molecule has 1 aromatic heterocycles. The molecule has 0 amide bonds. The van der Waals surface area contributed by atoms with Crippen LogP contribution in [-0.4, -0.2) is 31.6 Å². The van der Waals surface area contributed by atoms with Gasteiger partial charge in [-0.2, -0.15) is 0 Å². The van der Waals surface area contributed by atoms with Crippen LogP contribution in [-0.2, 0) is 6.54 Å². The second kappa shape index (κ2) is 8.92. The number of nitrogens with zero attached hydrogens (tertiary/aromatic N) is 1. The number of nitrogens with one attached hydrogen (secondary N) is 1. The van der Waals surface area contributed by atoms with Gasteiger partial charge in [0.1, 0.15) is 0 Å². The Morgan fingerprint density at radius 2 is 2.00 bits per heavy atom. The standard InChI is InChI=1S/C18H32N2S/c1-3-12-19-15-18(10-6-4-5-7-11-18)16-20(2)14-17-9-8-13-21-17/h8-9,13,19H,3-7,10-12,14-16H2,1-2H3. The van der Waals surface area contributed by atoms with Crippen molar-refractivity contribution in [1.29, 1.82) is 0 Å². The highest BCUT2D eigenvalue weighted by Gasteiger charge is 2.31. The van der Waals surface area contributed by atoms with E-state index in [2.05, 4.69) is 41.7 Å². The Balaban J connectivity index is 1.93. The summed E-state index contributed by atoms with van der Waals surface area (Å²) < 4.78 is 0. The molecular weight excluding hydrogens is 276 g/mol. The van der Waals surface area contributed by atoms with Crippen LogP contribution >= 0.6 is 11.3 Å². The van der Waals surface area contributed by atoms with Crippen LogP contribution in [0.25, 0.3) is 0 Å². The summed E-state index contributed by atoms with van der Waals surface area (Å²) in [6.07, 6.45) is 9.74. The number of hydrogen-bond acceptors (Lipinski definition) is 3. The van der Waals surface area contributed by atoms with Crippen LogP contribution in [0.4, 0.5) is 0 Å². The molecule has 0 aliphatic heterocycles. The largest absolute Gasteiger partial charge is 0.316 e. The molecule has 1 aliphatic rings. The Kier molecular flexibility index (Phi) is 7.21. The van der Waals surface area contributed by atoms with E-state index in [1.54, 1.807) is 0 Å². The van der Waals surface area contributed by atoms with Crippen LogP contribution < -0.4 is 5.32 Å². The third-order valence-electron chi connectivity index (χ3n) is 4.70. The van der Waals surface area contributed by atoms with Crippen LogP contribution in [0.3, 0.4) is 0 Å². The average Bonchev–Trinajstić information content (AvgIpc) is 2.85. The van der Waals surface area contributed by atoms with Gasteiger partial charge < -0.3 is 10.2 Å². The van der Waals surface area contributed by atoms with Crippen LogP contribution in [0.5, 0.6) is 0 Å². The van der Waals surface area contributed by atoms with E-state index in [0.29, 0.717) is 5.41 Å². The van der Waals surface area contributed by atoms with Crippen LogP contribution in [0.1, 0.15) is 56.7 Å². The van der Waals surface area contributed by atoms with Crippen molar-refractivity contribution in [2.45, 2.75) is 58.4 Å². The Labute approximate surface area is 134 Å². The van der Waals surface area contributed by atoms with Crippen molar-refractivity contribution in [2.24, 2.45) is 5.41 Å². The molecule has 1 N–H and O–H groups in total. The van der Waals surface area contributed by atoms with E-state index in [4.69, 9.17) is 0 Å². The van der Waals surface area contributed by atoms with Gasteiger partial charge >= 0.3 is 0 Å². The lowest BCUT2D eigenvalue weighted by Gasteiger charge is -2.37. The van der Waals surface area contributed by atoms with Gasteiger partial charge in [-0.05, 0) is 49.7 Å². The summed E-state index contributed by atoms with van der Waals surface area (Å²) in [5, 5.41) is 5.90. The summed E-state index contributed by atoms with van der Waals surface area (Å²) in [6, 6.07) is 4.42. The Hall–Kier alpha value is -0.380. The molecule has 1 saturated carbocycles. The molecule has 0 unspecified atom stereocenters. The van der Waals surface area contributed by atoms with Gasteiger partial charge in [-0.25, -0.2) is 0 Å². The Morgan fingerprint density at radius 1 is 1.24 bits per heavy atom. The highest BCUT2D eigenvalue weighted by atomic mass is 32.1. The van der Waals surface area contributed by atoms with E-state index in [1.807, 2.05) is 11.3 Å². The fourth-order valence-corrected chi connectivity index (χ4v) is 4.48. The molecule has 1 aliphatic carbocycles. The van der Waals surface area contributed by atoms with Gasteiger partial charge in [-0.15, -0.1) is 11.3 Å². The maximum atomic E-state index is 3.71. The average molecular weight is 309 g/mol. The van der Waals surface area contributed by atoms with Crippen LogP contribution in [0.15, 0.2) is 17.5 Å². The Bertz CT molecular complexity index is 367. The molecule has 0 spiro atoms. The monoisotopic (exact) mass is 308 g/mol. The quantitative estimate of drug-likeness (QED) is 0.561. The van der Waals surface area contributed by atoms with Crippen molar-refractivity contribution in [3.63, 3.8) is 0 Å². The van der Waals surface area contributed by atoms with Gasteiger partial charge in [0.05, 0.1) is 0 Å². The molecule has 0 saturated heterocycles. The summed E-state index contributed by atoms with van der Waals surface area (Å²) in [6.45, 7) is 6.97. The zero-order chi connectivity index (χ0) is 15.0. The second-order valence-corrected chi connectivity index (χ2v) is 7.87. The molecule has 0 aromatic carbocycles. The van der Waals surface area contributed by atoms with E-state index >= 15 is 0 Å². The van der Waals surface area contributed by atoms with Gasteiger partial charge in [0.25, 0.3) is 0 Å². The van der Waals surface area contributed by atoms with Gasteiger partial charge in [-0.3, -0.25) is 0 Å². The molecule has 1 aromatic rings. The second-order valence-electron chi connectivity index (χ2n) is 6.84. The normalized spacial score (nSPS) is 18.8. The fourth-order valence-electron chi connectivity index (χ4n) is 3.70. The van der Waals surface area contributed by atoms with Gasteiger partial charge in [0.15, 0.2) is 0 Å². The molecule has 1 heterocycles. The minimum Gasteiger partial charge on any atom is -0.316 e. The van der Waals surface area contributed by atoms with Crippen molar-refractivity contribution in [2.75, 3.05) is 26.7 Å². The third-order valence-corrected chi connectivity index (χ3v) is 5.56. The predicted molar refractivity (Wildman–Crippen MR) is 93.9 cm³/mol. The van der Waals surface area contributed by atoms with Crippen molar-refractivity contribution < 1.29 is 0 Å². The Morgan fingerprint density at radius 3 is 2.62 bits per heavy atom. The molecule has 120 valence electrons. The van der Waals surface area contributed by atoms with E-state index in [-0.39, 0.29) is 0 Å². The third kappa shape index (κ3) is 5.72. The molecule has 21 heavy (non-hydrogen) atoms. The minimum absolute atomic E-state index is 0.498. The SMILES string of the molecule is CCCNCC1(CN(C)Cc2cccs2)CCCCCC1. The fraction of sp³-hybridized carbons (Fsp3) is 0.778. The summed E-state index contributed by atoms with van der Waals surface area (Å²) in [7, 11) is 2.30. The first kappa shape index (κ1) is 17.0. The van der Waals surface area contributed by atoms with E-state index in [0.717, 1.165) is 13.1 Å². The molecule has 0 radical (unpaired) electrons. The smallest absolute Gasteiger partial charge is 0.0325 e. The number of hydrogen-bond donors (Lipinski definition) is 1. The zero-order valence-corrected chi connectivity index (χ0v) is 14.7. The van der Waals surface area contributed by atoms with Gasteiger partial charge in [0, 0.05) is 24.5 Å². The molecule has 2 rings (SSSR count). The molecule has 3 heteroatoms. The molecule has 1 fully saturated rings. The maximum Gasteiger partial charge on any atom is 0.0325 e. The number of rotatable bonds is 8. The first-order valence-corrected chi connectivity index (χ1v) is 9.54. The first-order valence-electron chi connectivity index (χ1n) is 8.66. The van der Waals surface area contributed by atoms with Crippen molar-refractivity contribution >= 4 is 11.3 Å². The summed E-state index contributed by atoms with van der Waals surface area (Å²) >= 11 is 1.88. The topological polar surface area (TPSA) is 15.3 Å². The summed E-state index contributed by atoms with van der Waals surface area (Å²) in [4.78, 5) is 4.04. The maximum absolute atomic E-state index is 3.71.